The summed E-state index contributed by atoms with van der Waals surface area (Å²) in [6.45, 7) is 0. The molecule has 0 unspecified atom stereocenters. The minimum atomic E-state index is -1.08. The van der Waals surface area contributed by atoms with E-state index in [1.165, 1.54) is 11.9 Å². The molecule has 0 amide bonds. The van der Waals surface area contributed by atoms with Gasteiger partial charge < -0.3 is 5.41 Å². The van der Waals surface area contributed by atoms with Crippen LogP contribution < -0.4 is 0 Å². The molecule has 9 heavy (non-hydrogen) atoms. The van der Waals surface area contributed by atoms with Crippen LogP contribution in [0.5, 0.6) is 0 Å². The van der Waals surface area contributed by atoms with Gasteiger partial charge in [0.25, 0.3) is 5.78 Å². The molecule has 0 spiro atoms. The van der Waals surface area contributed by atoms with E-state index in [0.717, 1.165) is 6.07 Å². The topological polar surface area (TPSA) is 86.9 Å². The van der Waals surface area contributed by atoms with Gasteiger partial charge in [0, 0.05) is 0 Å². The van der Waals surface area contributed by atoms with Crippen LogP contribution >= 0.6 is 0 Å². The fourth-order valence-corrected chi connectivity index (χ4v) is 0.182. The average Bonchev–Trinajstić information content (AvgIpc) is 1.90. The van der Waals surface area contributed by atoms with E-state index in [4.69, 9.17) is 15.9 Å². The van der Waals surface area contributed by atoms with Gasteiger partial charge in [0.15, 0.2) is 0 Å². The Morgan fingerprint density at radius 1 is 1.33 bits per heavy atom. The van der Waals surface area contributed by atoms with Gasteiger partial charge >= 0.3 is 0 Å². The lowest BCUT2D eigenvalue weighted by atomic mass is 10.2. The first kappa shape index (κ1) is 7.10. The van der Waals surface area contributed by atoms with Gasteiger partial charge in [-0.15, -0.1) is 0 Å². The molecule has 0 aliphatic heterocycles. The lowest BCUT2D eigenvalue weighted by Gasteiger charge is -1.79. The quantitative estimate of drug-likeness (QED) is 0.206. The van der Waals surface area contributed by atoms with Crippen molar-refractivity contribution >= 4 is 11.7 Å². The second-order valence-corrected chi connectivity index (χ2v) is 1.04. The van der Waals surface area contributed by atoms with Crippen molar-refractivity contribution in [3.8, 4) is 12.1 Å². The van der Waals surface area contributed by atoms with E-state index in [1.54, 1.807) is 0 Å². The van der Waals surface area contributed by atoms with E-state index in [2.05, 4.69) is 0 Å². The summed E-state index contributed by atoms with van der Waals surface area (Å²) in [4.78, 5) is 10.1. The van der Waals surface area contributed by atoms with Crippen LogP contribution in [0.3, 0.4) is 0 Å². The summed E-state index contributed by atoms with van der Waals surface area (Å²) in [6.07, 6.45) is 0. The van der Waals surface area contributed by atoms with E-state index < -0.39 is 11.4 Å². The Kier molecular flexibility index (Phi) is 2.48. The fraction of sp³-hybridized carbons (Fsp3) is 0. The van der Waals surface area contributed by atoms with Gasteiger partial charge in [-0.2, -0.15) is 10.5 Å². The molecule has 0 aliphatic carbocycles. The molecular weight excluding hydrogens is 118 g/mol. The minimum absolute atomic E-state index is 0.669. The standard InChI is InChI=1S/C5N3O/c6-1-4(2-7)5(9)3-8/q-1. The lowest BCUT2D eigenvalue weighted by Crippen LogP contribution is -1.95. The Hall–Kier alpha value is -1.90. The third-order valence-electron chi connectivity index (χ3n) is 0.552. The van der Waals surface area contributed by atoms with Crippen molar-refractivity contribution < 1.29 is 4.79 Å². The highest BCUT2D eigenvalue weighted by molar-refractivity contribution is 6.15. The average molecular weight is 118 g/mol. The smallest absolute Gasteiger partial charge is 0.278 e. The number of hydrogen-bond donors (Lipinski definition) is 0. The summed E-state index contributed by atoms with van der Waals surface area (Å²) in [5.41, 5.74) is -0.669. The maximum absolute atomic E-state index is 10.1. The number of ketones is 1. The van der Waals surface area contributed by atoms with E-state index in [-0.39, 0.29) is 0 Å². The van der Waals surface area contributed by atoms with Gasteiger partial charge in [-0.1, -0.05) is 0 Å². The van der Waals surface area contributed by atoms with Crippen molar-refractivity contribution in [1.82, 2.24) is 0 Å². The second-order valence-electron chi connectivity index (χ2n) is 1.04. The Balaban J connectivity index is 4.65. The van der Waals surface area contributed by atoms with Crippen molar-refractivity contribution in [1.29, 1.82) is 10.5 Å². The molecule has 0 aromatic rings. The van der Waals surface area contributed by atoms with Crippen LogP contribution in [-0.4, -0.2) is 11.7 Å². The van der Waals surface area contributed by atoms with Crippen LogP contribution in [0.25, 0.3) is 5.41 Å². The minimum Gasteiger partial charge on any atom is -0.762 e. The Morgan fingerprint density at radius 3 is 2.00 bits per heavy atom. The number of carbonyl (C=O) groups excluding carboxylic acids is 1. The molecule has 0 atom stereocenters. The van der Waals surface area contributed by atoms with Crippen LogP contribution in [0.15, 0.2) is 5.57 Å². The summed E-state index contributed by atoms with van der Waals surface area (Å²) in [5, 5.41) is 23.7. The highest BCUT2D eigenvalue weighted by Gasteiger charge is 2.02. The fourth-order valence-electron chi connectivity index (χ4n) is 0.182. The highest BCUT2D eigenvalue weighted by Crippen LogP contribution is 1.84. The molecule has 0 aromatic heterocycles. The first-order valence-corrected chi connectivity index (χ1v) is 1.87. The maximum Gasteiger partial charge on any atom is 0.278 e. The molecule has 0 aromatic carbocycles. The van der Waals surface area contributed by atoms with Crippen molar-refractivity contribution in [2.24, 2.45) is 0 Å². The third-order valence-corrected chi connectivity index (χ3v) is 0.552. The predicted molar refractivity (Wildman–Crippen MR) is 28.1 cm³/mol. The Morgan fingerprint density at radius 2 is 1.89 bits per heavy atom. The molecule has 0 rings (SSSR count). The van der Waals surface area contributed by atoms with Gasteiger partial charge in [-0.3, -0.25) is 4.79 Å². The van der Waals surface area contributed by atoms with E-state index >= 15 is 0 Å². The van der Waals surface area contributed by atoms with Crippen LogP contribution in [0.4, 0.5) is 0 Å². The molecule has 4 nitrogen and oxygen atoms in total. The van der Waals surface area contributed by atoms with Gasteiger partial charge in [-0.05, 0) is 0 Å². The zero-order valence-electron chi connectivity index (χ0n) is 4.25. The summed E-state index contributed by atoms with van der Waals surface area (Å²) in [6, 6.07) is 2.43. The molecule has 0 bridgehead atoms. The number of nitriles is 2. The third kappa shape index (κ3) is 1.56. The molecule has 0 heterocycles. The summed E-state index contributed by atoms with van der Waals surface area (Å²) >= 11 is 0. The number of hydrogen-bond acceptors (Lipinski definition) is 3. The molecule has 0 aliphatic rings. The van der Waals surface area contributed by atoms with E-state index in [0.29, 0.717) is 0 Å². The molecule has 0 fully saturated rings. The largest absolute Gasteiger partial charge is 0.762 e. The maximum atomic E-state index is 10.1. The SMILES string of the molecule is N#CC(=O)C(=C=[N-])C#N. The van der Waals surface area contributed by atoms with E-state index in [9.17, 15) is 4.79 Å². The zero-order chi connectivity index (χ0) is 7.28. The van der Waals surface area contributed by atoms with Gasteiger partial charge in [-0.25, -0.2) is 5.87 Å². The molecular formula is C5N3O-. The van der Waals surface area contributed by atoms with Crippen LogP contribution in [0.1, 0.15) is 0 Å². The molecule has 0 radical (unpaired) electrons. The number of nitrogens with zero attached hydrogens (tertiary/aromatic N) is 3. The highest BCUT2D eigenvalue weighted by atomic mass is 16.1. The van der Waals surface area contributed by atoms with Crippen molar-refractivity contribution in [2.45, 2.75) is 0 Å². The van der Waals surface area contributed by atoms with Crippen molar-refractivity contribution in [3.05, 3.63) is 11.0 Å². The molecule has 0 saturated heterocycles. The lowest BCUT2D eigenvalue weighted by molar-refractivity contribution is -0.110. The number of Topliss-reactive ketones (excluding diaryl/α,β-unsaturated/α-hetero) is 1. The normalized spacial score (nSPS) is 6.00. The summed E-state index contributed by atoms with van der Waals surface area (Å²) < 4.78 is 0. The van der Waals surface area contributed by atoms with Crippen molar-refractivity contribution in [2.75, 3.05) is 0 Å². The molecule has 42 valence electrons. The van der Waals surface area contributed by atoms with Gasteiger partial charge in [0.05, 0.1) is 0 Å². The Bertz CT molecular complexity index is 259. The summed E-state index contributed by atoms with van der Waals surface area (Å²) in [7, 11) is 0. The van der Waals surface area contributed by atoms with E-state index in [1.807, 2.05) is 0 Å². The molecule has 4 heteroatoms. The monoisotopic (exact) mass is 118 g/mol. The number of rotatable bonds is 1. The van der Waals surface area contributed by atoms with Crippen LogP contribution in [-0.2, 0) is 4.79 Å². The zero-order valence-corrected chi connectivity index (χ0v) is 4.25. The summed E-state index contributed by atoms with van der Waals surface area (Å²) in [5.74, 6) is 0.203. The molecule has 0 N–H and O–H groups in total. The molecule has 0 saturated carbocycles. The Labute approximate surface area is 51.1 Å². The van der Waals surface area contributed by atoms with Gasteiger partial charge in [0.2, 0.25) is 0 Å². The first-order chi connectivity index (χ1) is 4.26. The first-order valence-electron chi connectivity index (χ1n) is 1.87. The number of carbonyl (C=O) groups is 1. The predicted octanol–water partition coefficient (Wildman–Crippen LogP) is -0.232. The van der Waals surface area contributed by atoms with Crippen LogP contribution in [0, 0.1) is 22.7 Å². The van der Waals surface area contributed by atoms with Gasteiger partial charge in [0.1, 0.15) is 17.7 Å². The number of allylic oxidation sites excluding steroid dienone is 1. The van der Waals surface area contributed by atoms with Crippen LogP contribution in [0.2, 0.25) is 0 Å². The second kappa shape index (κ2) is 3.15. The van der Waals surface area contributed by atoms with Crippen molar-refractivity contribution in [3.63, 3.8) is 0 Å².